The molecule has 2 aliphatic carbocycles. The van der Waals surface area contributed by atoms with Gasteiger partial charge in [-0.25, -0.2) is 4.79 Å². The summed E-state index contributed by atoms with van der Waals surface area (Å²) < 4.78 is 0. The lowest BCUT2D eigenvalue weighted by molar-refractivity contribution is -0.144. The summed E-state index contributed by atoms with van der Waals surface area (Å²) >= 11 is 0. The summed E-state index contributed by atoms with van der Waals surface area (Å²) in [4.78, 5) is 23.4. The highest BCUT2D eigenvalue weighted by molar-refractivity contribution is 5.85. The van der Waals surface area contributed by atoms with E-state index in [2.05, 4.69) is 11.2 Å². The van der Waals surface area contributed by atoms with E-state index in [0.717, 1.165) is 25.7 Å². The first-order chi connectivity index (χ1) is 9.13. The summed E-state index contributed by atoms with van der Waals surface area (Å²) in [7, 11) is 0. The molecule has 2 aliphatic rings. The standard InChI is InChI=1S/C15H21NO3/c1-2-5-12(15(18)19)16-14(17)13(10-6-3-7-10)11-8-4-9-11/h1,10-13H,3-9H2,(H,16,17)(H,18,19). The molecular weight excluding hydrogens is 242 g/mol. The third-order valence-electron chi connectivity index (χ3n) is 4.55. The number of terminal acetylenes is 1. The number of carbonyl (C=O) groups is 2. The molecule has 0 aromatic heterocycles. The largest absolute Gasteiger partial charge is 0.480 e. The van der Waals surface area contributed by atoms with Crippen molar-refractivity contribution in [3.05, 3.63) is 0 Å². The molecule has 0 aromatic carbocycles. The number of carbonyl (C=O) groups excluding carboxylic acids is 1. The molecule has 19 heavy (non-hydrogen) atoms. The van der Waals surface area contributed by atoms with E-state index >= 15 is 0 Å². The Hall–Kier alpha value is -1.50. The second-order valence-electron chi connectivity index (χ2n) is 5.72. The molecule has 4 heteroatoms. The van der Waals surface area contributed by atoms with Gasteiger partial charge in [0.1, 0.15) is 6.04 Å². The van der Waals surface area contributed by atoms with Gasteiger partial charge in [0.2, 0.25) is 5.91 Å². The molecular formula is C15H21NO3. The molecule has 0 spiro atoms. The summed E-state index contributed by atoms with van der Waals surface area (Å²) in [6, 6.07) is -0.944. The van der Waals surface area contributed by atoms with Crippen LogP contribution in [0.25, 0.3) is 0 Å². The molecule has 0 aliphatic heterocycles. The number of nitrogens with one attached hydrogen (secondary N) is 1. The molecule has 0 bridgehead atoms. The molecule has 4 nitrogen and oxygen atoms in total. The minimum absolute atomic E-state index is 0.00197. The van der Waals surface area contributed by atoms with Gasteiger partial charge in [0, 0.05) is 12.3 Å². The second-order valence-corrected chi connectivity index (χ2v) is 5.72. The lowest BCUT2D eigenvalue weighted by atomic mass is 9.64. The maximum Gasteiger partial charge on any atom is 0.327 e. The highest BCUT2D eigenvalue weighted by Gasteiger charge is 2.41. The first kappa shape index (κ1) is 13.9. The minimum Gasteiger partial charge on any atom is -0.480 e. The van der Waals surface area contributed by atoms with E-state index in [9.17, 15) is 9.59 Å². The van der Waals surface area contributed by atoms with Crippen LogP contribution in [-0.4, -0.2) is 23.0 Å². The average Bonchev–Trinajstić information content (AvgIpc) is 2.22. The predicted octanol–water partition coefficient (Wildman–Crippen LogP) is 1.80. The Labute approximate surface area is 114 Å². The van der Waals surface area contributed by atoms with Crippen molar-refractivity contribution in [1.82, 2.24) is 5.32 Å². The first-order valence-corrected chi connectivity index (χ1v) is 7.10. The Balaban J connectivity index is 1.98. The van der Waals surface area contributed by atoms with Gasteiger partial charge in [0.05, 0.1) is 0 Å². The smallest absolute Gasteiger partial charge is 0.327 e. The van der Waals surface area contributed by atoms with Crippen LogP contribution in [0.2, 0.25) is 0 Å². The number of hydrogen-bond donors (Lipinski definition) is 2. The summed E-state index contributed by atoms with van der Waals surface area (Å²) in [5, 5.41) is 11.7. The van der Waals surface area contributed by atoms with Crippen LogP contribution >= 0.6 is 0 Å². The van der Waals surface area contributed by atoms with Gasteiger partial charge in [0.25, 0.3) is 0 Å². The van der Waals surface area contributed by atoms with Crippen molar-refractivity contribution in [3.63, 3.8) is 0 Å². The van der Waals surface area contributed by atoms with Crippen LogP contribution in [0, 0.1) is 30.1 Å². The molecule has 0 radical (unpaired) electrons. The molecule has 1 unspecified atom stereocenters. The van der Waals surface area contributed by atoms with Gasteiger partial charge in [-0.15, -0.1) is 12.3 Å². The summed E-state index contributed by atoms with van der Waals surface area (Å²) in [6.07, 6.45) is 12.0. The number of aliphatic carboxylic acids is 1. The van der Waals surface area contributed by atoms with Crippen molar-refractivity contribution in [2.75, 3.05) is 0 Å². The average molecular weight is 263 g/mol. The van der Waals surface area contributed by atoms with Gasteiger partial charge in [-0.05, 0) is 37.5 Å². The number of carboxylic acids is 1. The van der Waals surface area contributed by atoms with Crippen molar-refractivity contribution in [3.8, 4) is 12.3 Å². The molecule has 2 N–H and O–H groups in total. The highest BCUT2D eigenvalue weighted by Crippen LogP contribution is 2.44. The Kier molecular flexibility index (Phi) is 4.47. The zero-order valence-electron chi connectivity index (χ0n) is 11.1. The Morgan fingerprint density at radius 3 is 2.05 bits per heavy atom. The van der Waals surface area contributed by atoms with Crippen LogP contribution in [0.4, 0.5) is 0 Å². The molecule has 1 amide bonds. The van der Waals surface area contributed by atoms with Crippen LogP contribution in [0.15, 0.2) is 0 Å². The molecule has 1 atom stereocenters. The zero-order valence-corrected chi connectivity index (χ0v) is 11.1. The van der Waals surface area contributed by atoms with Gasteiger partial charge in [-0.2, -0.15) is 0 Å². The van der Waals surface area contributed by atoms with Crippen LogP contribution in [0.1, 0.15) is 44.9 Å². The third-order valence-corrected chi connectivity index (χ3v) is 4.55. The van der Waals surface area contributed by atoms with Crippen molar-refractivity contribution >= 4 is 11.9 Å². The summed E-state index contributed by atoms with van der Waals surface area (Å²) in [6.45, 7) is 0. The van der Waals surface area contributed by atoms with E-state index in [1.165, 1.54) is 12.8 Å². The van der Waals surface area contributed by atoms with Crippen molar-refractivity contribution in [2.24, 2.45) is 17.8 Å². The van der Waals surface area contributed by atoms with Crippen LogP contribution in [0.3, 0.4) is 0 Å². The second kappa shape index (κ2) is 6.10. The Bertz CT molecular complexity index is 377. The van der Waals surface area contributed by atoms with E-state index in [1.807, 2.05) is 0 Å². The maximum absolute atomic E-state index is 12.4. The number of rotatable bonds is 6. The summed E-state index contributed by atoms with van der Waals surface area (Å²) in [5.74, 6) is 2.06. The minimum atomic E-state index is -1.05. The SMILES string of the molecule is C#CCC(NC(=O)C(C1CCC1)C1CCC1)C(=O)O. The van der Waals surface area contributed by atoms with E-state index in [4.69, 9.17) is 11.5 Å². The van der Waals surface area contributed by atoms with Crippen LogP contribution < -0.4 is 5.32 Å². The van der Waals surface area contributed by atoms with Gasteiger partial charge < -0.3 is 10.4 Å². The van der Waals surface area contributed by atoms with Crippen molar-refractivity contribution in [2.45, 2.75) is 51.0 Å². The maximum atomic E-state index is 12.4. The van der Waals surface area contributed by atoms with Crippen LogP contribution in [-0.2, 0) is 9.59 Å². The fourth-order valence-electron chi connectivity index (χ4n) is 3.00. The monoisotopic (exact) mass is 263 g/mol. The predicted molar refractivity (Wildman–Crippen MR) is 71.2 cm³/mol. The molecule has 2 fully saturated rings. The fourth-order valence-corrected chi connectivity index (χ4v) is 3.00. The fraction of sp³-hybridized carbons (Fsp3) is 0.733. The van der Waals surface area contributed by atoms with Gasteiger partial charge in [0.15, 0.2) is 0 Å². The third kappa shape index (κ3) is 3.09. The molecule has 2 rings (SSSR count). The molecule has 0 saturated heterocycles. The summed E-state index contributed by atoms with van der Waals surface area (Å²) in [5.41, 5.74) is 0. The van der Waals surface area contributed by atoms with Gasteiger partial charge in [-0.1, -0.05) is 12.8 Å². The van der Waals surface area contributed by atoms with E-state index in [0.29, 0.717) is 11.8 Å². The van der Waals surface area contributed by atoms with E-state index in [-0.39, 0.29) is 18.2 Å². The lowest BCUT2D eigenvalue weighted by Crippen LogP contribution is -2.49. The lowest BCUT2D eigenvalue weighted by Gasteiger charge is -2.41. The first-order valence-electron chi connectivity index (χ1n) is 7.10. The molecule has 104 valence electrons. The number of amides is 1. The Morgan fingerprint density at radius 2 is 1.74 bits per heavy atom. The van der Waals surface area contributed by atoms with Gasteiger partial charge >= 0.3 is 5.97 Å². The Morgan fingerprint density at radius 1 is 1.21 bits per heavy atom. The topological polar surface area (TPSA) is 66.4 Å². The highest BCUT2D eigenvalue weighted by atomic mass is 16.4. The number of carboxylic acid groups (broad SMARTS) is 1. The zero-order chi connectivity index (χ0) is 13.8. The van der Waals surface area contributed by atoms with Crippen molar-refractivity contribution < 1.29 is 14.7 Å². The van der Waals surface area contributed by atoms with Crippen molar-refractivity contribution in [1.29, 1.82) is 0 Å². The normalized spacial score (nSPS) is 21.1. The van der Waals surface area contributed by atoms with E-state index in [1.54, 1.807) is 0 Å². The quantitative estimate of drug-likeness (QED) is 0.718. The van der Waals surface area contributed by atoms with E-state index < -0.39 is 12.0 Å². The molecule has 2 saturated carbocycles. The number of hydrogen-bond acceptors (Lipinski definition) is 2. The molecule has 0 aromatic rings. The van der Waals surface area contributed by atoms with Crippen LogP contribution in [0.5, 0.6) is 0 Å². The van der Waals surface area contributed by atoms with Gasteiger partial charge in [-0.3, -0.25) is 4.79 Å². The molecule has 0 heterocycles.